The number of pyridine rings is 1. The number of carbonyl (C=O) groups excluding carboxylic acids is 1. The SMILES string of the molecule is O=C(c1cc(Br)cc(Br)c1)c1cccc2ccncc12. The van der Waals surface area contributed by atoms with Gasteiger partial charge in [-0.25, -0.2) is 0 Å². The average Bonchev–Trinajstić information content (AvgIpc) is 2.45. The molecule has 0 saturated carbocycles. The molecule has 98 valence electrons. The fraction of sp³-hybridized carbons (Fsp3) is 0. The van der Waals surface area contributed by atoms with Crippen LogP contribution in [0.3, 0.4) is 0 Å². The summed E-state index contributed by atoms with van der Waals surface area (Å²) in [6.07, 6.45) is 3.46. The topological polar surface area (TPSA) is 30.0 Å². The second-order valence-corrected chi connectivity index (χ2v) is 6.22. The van der Waals surface area contributed by atoms with Gasteiger partial charge in [0.2, 0.25) is 0 Å². The third-order valence-electron chi connectivity index (χ3n) is 3.05. The van der Waals surface area contributed by atoms with Gasteiger partial charge in [-0.3, -0.25) is 9.78 Å². The highest BCUT2D eigenvalue weighted by molar-refractivity contribution is 9.11. The third-order valence-corrected chi connectivity index (χ3v) is 3.97. The first-order valence-electron chi connectivity index (χ1n) is 5.99. The van der Waals surface area contributed by atoms with Gasteiger partial charge in [0.15, 0.2) is 5.78 Å². The van der Waals surface area contributed by atoms with E-state index in [0.29, 0.717) is 11.1 Å². The van der Waals surface area contributed by atoms with Crippen molar-refractivity contribution in [2.24, 2.45) is 0 Å². The lowest BCUT2D eigenvalue weighted by molar-refractivity contribution is 0.104. The second kappa shape index (κ2) is 5.46. The predicted octanol–water partition coefficient (Wildman–Crippen LogP) is 4.99. The first-order valence-corrected chi connectivity index (χ1v) is 7.57. The van der Waals surface area contributed by atoms with E-state index in [0.717, 1.165) is 19.7 Å². The highest BCUT2D eigenvalue weighted by Gasteiger charge is 2.13. The first kappa shape index (κ1) is 13.5. The molecule has 0 aliphatic rings. The van der Waals surface area contributed by atoms with Crippen molar-refractivity contribution in [2.45, 2.75) is 0 Å². The molecule has 3 aromatic rings. The van der Waals surface area contributed by atoms with Crippen LogP contribution < -0.4 is 0 Å². The molecule has 20 heavy (non-hydrogen) atoms. The highest BCUT2D eigenvalue weighted by atomic mass is 79.9. The molecule has 2 nitrogen and oxygen atoms in total. The Morgan fingerprint density at radius 3 is 2.50 bits per heavy atom. The third kappa shape index (κ3) is 2.53. The Morgan fingerprint density at radius 1 is 1.00 bits per heavy atom. The summed E-state index contributed by atoms with van der Waals surface area (Å²) in [5.41, 5.74) is 1.31. The van der Waals surface area contributed by atoms with Crippen LogP contribution in [0, 0.1) is 0 Å². The van der Waals surface area contributed by atoms with E-state index in [4.69, 9.17) is 0 Å². The van der Waals surface area contributed by atoms with Crippen molar-refractivity contribution in [3.05, 3.63) is 74.9 Å². The van der Waals surface area contributed by atoms with Crippen LogP contribution >= 0.6 is 31.9 Å². The van der Waals surface area contributed by atoms with Gasteiger partial charge in [-0.15, -0.1) is 0 Å². The van der Waals surface area contributed by atoms with Crippen LogP contribution in [0.2, 0.25) is 0 Å². The Bertz CT molecular complexity index is 789. The molecule has 0 spiro atoms. The minimum Gasteiger partial charge on any atom is -0.289 e. The number of nitrogens with zero attached hydrogens (tertiary/aromatic N) is 1. The van der Waals surface area contributed by atoms with E-state index in [1.165, 1.54) is 0 Å². The molecule has 0 bridgehead atoms. The molecular weight excluding hydrogens is 382 g/mol. The smallest absolute Gasteiger partial charge is 0.193 e. The van der Waals surface area contributed by atoms with Gasteiger partial charge in [-0.1, -0.05) is 50.1 Å². The van der Waals surface area contributed by atoms with Crippen LogP contribution in [0.4, 0.5) is 0 Å². The maximum absolute atomic E-state index is 12.7. The summed E-state index contributed by atoms with van der Waals surface area (Å²) in [6.45, 7) is 0. The Balaban J connectivity index is 2.17. The quantitative estimate of drug-likeness (QED) is 0.577. The van der Waals surface area contributed by atoms with Crippen molar-refractivity contribution < 1.29 is 4.79 Å². The van der Waals surface area contributed by atoms with Crippen molar-refractivity contribution in [1.82, 2.24) is 4.98 Å². The molecule has 0 aliphatic carbocycles. The monoisotopic (exact) mass is 389 g/mol. The largest absolute Gasteiger partial charge is 0.289 e. The minimum atomic E-state index is -0.00870. The summed E-state index contributed by atoms with van der Waals surface area (Å²) < 4.78 is 1.74. The average molecular weight is 391 g/mol. The number of hydrogen-bond acceptors (Lipinski definition) is 2. The lowest BCUT2D eigenvalue weighted by atomic mass is 9.98. The lowest BCUT2D eigenvalue weighted by Crippen LogP contribution is -2.02. The van der Waals surface area contributed by atoms with Crippen molar-refractivity contribution in [1.29, 1.82) is 0 Å². The molecular formula is C16H9Br2NO. The zero-order valence-corrected chi connectivity index (χ0v) is 13.5. The highest BCUT2D eigenvalue weighted by Crippen LogP contribution is 2.25. The molecule has 0 atom stereocenters. The molecule has 0 amide bonds. The van der Waals surface area contributed by atoms with Crippen LogP contribution in [0.25, 0.3) is 10.8 Å². The standard InChI is InChI=1S/C16H9Br2NO/c17-12-6-11(7-13(18)8-12)16(20)14-3-1-2-10-4-5-19-9-15(10)14/h1-9H. The molecule has 1 heterocycles. The van der Waals surface area contributed by atoms with Crippen molar-refractivity contribution in [2.75, 3.05) is 0 Å². The second-order valence-electron chi connectivity index (χ2n) is 4.39. The van der Waals surface area contributed by atoms with Gasteiger partial charge < -0.3 is 0 Å². The molecule has 4 heteroatoms. The lowest BCUT2D eigenvalue weighted by Gasteiger charge is -2.06. The molecule has 0 aliphatic heterocycles. The molecule has 1 aromatic heterocycles. The Labute approximate surface area is 133 Å². The molecule has 2 aromatic carbocycles. The predicted molar refractivity (Wildman–Crippen MR) is 87.0 cm³/mol. The van der Waals surface area contributed by atoms with Gasteiger partial charge in [-0.2, -0.15) is 0 Å². The molecule has 3 rings (SSSR count). The molecule has 0 fully saturated rings. The van der Waals surface area contributed by atoms with E-state index in [1.807, 2.05) is 42.5 Å². The summed E-state index contributed by atoms with van der Waals surface area (Å²) in [7, 11) is 0. The van der Waals surface area contributed by atoms with E-state index >= 15 is 0 Å². The van der Waals surface area contributed by atoms with Gasteiger partial charge in [0.05, 0.1) is 0 Å². The number of ketones is 1. The van der Waals surface area contributed by atoms with Gasteiger partial charge >= 0.3 is 0 Å². The van der Waals surface area contributed by atoms with Crippen LogP contribution in [0.1, 0.15) is 15.9 Å². The number of halogens is 2. The van der Waals surface area contributed by atoms with Gasteiger partial charge in [0.25, 0.3) is 0 Å². The zero-order chi connectivity index (χ0) is 14.1. The Morgan fingerprint density at radius 2 is 1.75 bits per heavy atom. The van der Waals surface area contributed by atoms with Gasteiger partial charge in [0.1, 0.15) is 0 Å². The normalized spacial score (nSPS) is 10.7. The van der Waals surface area contributed by atoms with E-state index in [1.54, 1.807) is 12.4 Å². The van der Waals surface area contributed by atoms with Crippen LogP contribution in [0.5, 0.6) is 0 Å². The number of aromatic nitrogens is 1. The van der Waals surface area contributed by atoms with Crippen LogP contribution in [0.15, 0.2) is 63.8 Å². The molecule has 0 N–H and O–H groups in total. The summed E-state index contributed by atoms with van der Waals surface area (Å²) in [5, 5.41) is 1.89. The maximum Gasteiger partial charge on any atom is 0.193 e. The first-order chi connectivity index (χ1) is 9.65. The fourth-order valence-corrected chi connectivity index (χ4v) is 3.45. The van der Waals surface area contributed by atoms with Crippen LogP contribution in [-0.2, 0) is 0 Å². The Hall–Kier alpha value is -1.52. The number of benzene rings is 2. The summed E-state index contributed by atoms with van der Waals surface area (Å²) in [5.74, 6) is -0.00870. The van der Waals surface area contributed by atoms with E-state index < -0.39 is 0 Å². The number of hydrogen-bond donors (Lipinski definition) is 0. The van der Waals surface area contributed by atoms with Crippen molar-refractivity contribution in [3.8, 4) is 0 Å². The number of rotatable bonds is 2. The Kier molecular flexibility index (Phi) is 3.68. The minimum absolute atomic E-state index is 0.00870. The van der Waals surface area contributed by atoms with Gasteiger partial charge in [-0.05, 0) is 29.7 Å². The summed E-state index contributed by atoms with van der Waals surface area (Å²) in [6, 6.07) is 13.2. The fourth-order valence-electron chi connectivity index (χ4n) is 2.15. The molecule has 0 saturated heterocycles. The van der Waals surface area contributed by atoms with Gasteiger partial charge in [0, 0.05) is 37.9 Å². The molecule has 0 unspecified atom stereocenters. The van der Waals surface area contributed by atoms with Crippen molar-refractivity contribution in [3.63, 3.8) is 0 Å². The molecule has 0 radical (unpaired) electrons. The maximum atomic E-state index is 12.7. The van der Waals surface area contributed by atoms with E-state index in [2.05, 4.69) is 36.8 Å². The zero-order valence-electron chi connectivity index (χ0n) is 10.3. The van der Waals surface area contributed by atoms with Crippen LogP contribution in [-0.4, -0.2) is 10.8 Å². The summed E-state index contributed by atoms with van der Waals surface area (Å²) in [4.78, 5) is 16.8. The summed E-state index contributed by atoms with van der Waals surface area (Å²) >= 11 is 6.82. The van der Waals surface area contributed by atoms with Crippen molar-refractivity contribution >= 4 is 48.4 Å². The van der Waals surface area contributed by atoms with E-state index in [-0.39, 0.29) is 5.78 Å². The number of carbonyl (C=O) groups is 1. The number of fused-ring (bicyclic) bond motifs is 1. The van der Waals surface area contributed by atoms with E-state index in [9.17, 15) is 4.79 Å².